The van der Waals surface area contributed by atoms with Gasteiger partial charge in [0.05, 0.1) is 6.26 Å². The van der Waals surface area contributed by atoms with Crippen LogP contribution >= 0.6 is 0 Å². The molecule has 21 heavy (non-hydrogen) atoms. The minimum Gasteiger partial charge on any atom is -0.464 e. The van der Waals surface area contributed by atoms with Crippen molar-refractivity contribution in [3.8, 4) is 11.3 Å². The number of hydrogen-bond donors (Lipinski definition) is 0. The second-order valence-electron chi connectivity index (χ2n) is 6.17. The van der Waals surface area contributed by atoms with Crippen molar-refractivity contribution in [2.24, 2.45) is 0 Å². The van der Waals surface area contributed by atoms with Crippen molar-refractivity contribution < 1.29 is 4.42 Å². The van der Waals surface area contributed by atoms with E-state index < -0.39 is 0 Å². The van der Waals surface area contributed by atoms with Crippen LogP contribution in [-0.2, 0) is 6.54 Å². The molecule has 3 rings (SSSR count). The Hall–Kier alpha value is -1.58. The van der Waals surface area contributed by atoms with Crippen molar-refractivity contribution in [1.82, 2.24) is 9.80 Å². The van der Waals surface area contributed by atoms with Crippen LogP contribution in [0.4, 0.5) is 0 Å². The maximum Gasteiger partial charge on any atom is 0.133 e. The van der Waals surface area contributed by atoms with Gasteiger partial charge in [-0.25, -0.2) is 0 Å². The Morgan fingerprint density at radius 2 is 2.14 bits per heavy atom. The lowest BCUT2D eigenvalue weighted by Crippen LogP contribution is -2.44. The Kier molecular flexibility index (Phi) is 4.42. The maximum absolute atomic E-state index is 5.49. The van der Waals surface area contributed by atoms with Crippen LogP contribution in [0.15, 0.2) is 47.1 Å². The third-order valence-electron chi connectivity index (χ3n) is 4.35. The van der Waals surface area contributed by atoms with E-state index in [0.29, 0.717) is 6.04 Å². The first-order chi connectivity index (χ1) is 10.2. The molecule has 1 saturated heterocycles. The molecule has 0 bridgehead atoms. The zero-order chi connectivity index (χ0) is 14.7. The molecule has 112 valence electrons. The molecule has 3 heteroatoms. The number of hydrogen-bond acceptors (Lipinski definition) is 3. The second-order valence-corrected chi connectivity index (χ2v) is 6.17. The van der Waals surface area contributed by atoms with E-state index in [4.69, 9.17) is 4.42 Å². The summed E-state index contributed by atoms with van der Waals surface area (Å²) in [6, 6.07) is 13.3. The summed E-state index contributed by atoms with van der Waals surface area (Å²) in [7, 11) is 4.37. The van der Waals surface area contributed by atoms with Crippen LogP contribution in [0.3, 0.4) is 0 Å². The number of nitrogens with zero attached hydrogens (tertiary/aromatic N) is 2. The molecule has 0 unspecified atom stereocenters. The molecule has 0 saturated carbocycles. The molecule has 0 aliphatic carbocycles. The first-order valence-corrected chi connectivity index (χ1v) is 7.74. The van der Waals surface area contributed by atoms with Crippen LogP contribution in [0.1, 0.15) is 18.4 Å². The quantitative estimate of drug-likeness (QED) is 0.857. The van der Waals surface area contributed by atoms with Gasteiger partial charge in [0, 0.05) is 24.7 Å². The highest BCUT2D eigenvalue weighted by atomic mass is 16.3. The number of likely N-dealkylation sites (N-methyl/N-ethyl adjacent to an activating group) is 1. The molecule has 2 aromatic rings. The predicted octanol–water partition coefficient (Wildman–Crippen LogP) is 3.47. The fourth-order valence-corrected chi connectivity index (χ4v) is 3.12. The lowest BCUT2D eigenvalue weighted by atomic mass is 10.0. The van der Waals surface area contributed by atoms with Crippen LogP contribution in [0.25, 0.3) is 11.3 Å². The monoisotopic (exact) mass is 284 g/mol. The lowest BCUT2D eigenvalue weighted by Gasteiger charge is -2.36. The Labute approximate surface area is 127 Å². The second kappa shape index (κ2) is 6.46. The van der Waals surface area contributed by atoms with E-state index in [-0.39, 0.29) is 0 Å². The summed E-state index contributed by atoms with van der Waals surface area (Å²) in [6.07, 6.45) is 4.34. The molecule has 3 nitrogen and oxygen atoms in total. The summed E-state index contributed by atoms with van der Waals surface area (Å²) < 4.78 is 5.49. The molecule has 0 radical (unpaired) electrons. The maximum atomic E-state index is 5.49. The molecule has 1 aliphatic rings. The fraction of sp³-hybridized carbons (Fsp3) is 0.444. The van der Waals surface area contributed by atoms with E-state index in [1.54, 1.807) is 6.26 Å². The minimum absolute atomic E-state index is 0.687. The molecule has 1 aromatic heterocycles. The van der Waals surface area contributed by atoms with Gasteiger partial charge in [-0.15, -0.1) is 0 Å². The van der Waals surface area contributed by atoms with Crippen LogP contribution in [-0.4, -0.2) is 43.0 Å². The van der Waals surface area contributed by atoms with Crippen molar-refractivity contribution >= 4 is 0 Å². The Bertz CT molecular complexity index is 562. The molecule has 1 atom stereocenters. The number of benzene rings is 1. The first-order valence-electron chi connectivity index (χ1n) is 7.74. The van der Waals surface area contributed by atoms with Gasteiger partial charge in [0.25, 0.3) is 0 Å². The van der Waals surface area contributed by atoms with Crippen LogP contribution < -0.4 is 0 Å². The highest BCUT2D eigenvalue weighted by Gasteiger charge is 2.21. The Morgan fingerprint density at radius 1 is 1.24 bits per heavy atom. The third kappa shape index (κ3) is 3.55. The van der Waals surface area contributed by atoms with Gasteiger partial charge < -0.3 is 9.32 Å². The van der Waals surface area contributed by atoms with Crippen LogP contribution in [0.5, 0.6) is 0 Å². The molecular weight excluding hydrogens is 260 g/mol. The van der Waals surface area contributed by atoms with E-state index in [2.05, 4.69) is 48.2 Å². The van der Waals surface area contributed by atoms with Crippen LogP contribution in [0, 0.1) is 0 Å². The summed E-state index contributed by atoms with van der Waals surface area (Å²) in [5.41, 5.74) is 2.53. The number of rotatable bonds is 4. The highest BCUT2D eigenvalue weighted by molar-refractivity contribution is 5.58. The van der Waals surface area contributed by atoms with Crippen molar-refractivity contribution in [2.45, 2.75) is 25.4 Å². The third-order valence-corrected chi connectivity index (χ3v) is 4.35. The Balaban J connectivity index is 1.69. The van der Waals surface area contributed by atoms with Crippen molar-refractivity contribution in [2.75, 3.05) is 27.2 Å². The summed E-state index contributed by atoms with van der Waals surface area (Å²) in [5, 5.41) is 0. The Morgan fingerprint density at radius 3 is 2.90 bits per heavy atom. The summed E-state index contributed by atoms with van der Waals surface area (Å²) in [5.74, 6) is 0.946. The van der Waals surface area contributed by atoms with Gasteiger partial charge in [-0.3, -0.25) is 4.90 Å². The van der Waals surface area contributed by atoms with Crippen molar-refractivity contribution in [3.05, 3.63) is 48.2 Å². The zero-order valence-electron chi connectivity index (χ0n) is 13.0. The summed E-state index contributed by atoms with van der Waals surface area (Å²) >= 11 is 0. The molecular formula is C18H24N2O. The average Bonchev–Trinajstić information content (AvgIpc) is 3.02. The fourth-order valence-electron chi connectivity index (χ4n) is 3.12. The van der Waals surface area contributed by atoms with E-state index in [9.17, 15) is 0 Å². The minimum atomic E-state index is 0.687. The molecule has 1 aliphatic heterocycles. The molecule has 1 fully saturated rings. The largest absolute Gasteiger partial charge is 0.464 e. The smallest absolute Gasteiger partial charge is 0.133 e. The number of likely N-dealkylation sites (tertiary alicyclic amines) is 1. The SMILES string of the molecule is CN(C)[C@@H]1CCCN(Cc2cccc(-c3ccco3)c2)C1. The number of furan rings is 1. The van der Waals surface area contributed by atoms with E-state index >= 15 is 0 Å². The zero-order valence-corrected chi connectivity index (χ0v) is 13.0. The number of piperidine rings is 1. The predicted molar refractivity (Wildman–Crippen MR) is 86.1 cm³/mol. The van der Waals surface area contributed by atoms with Crippen LogP contribution in [0.2, 0.25) is 0 Å². The van der Waals surface area contributed by atoms with Gasteiger partial charge in [-0.1, -0.05) is 18.2 Å². The molecule has 0 amide bonds. The van der Waals surface area contributed by atoms with Gasteiger partial charge in [0.15, 0.2) is 0 Å². The molecule has 2 heterocycles. The first kappa shape index (κ1) is 14.4. The standard InChI is InChI=1S/C18H24N2O/c1-19(2)17-8-4-10-20(14-17)13-15-6-3-7-16(12-15)18-9-5-11-21-18/h3,5-7,9,11-12,17H,4,8,10,13-14H2,1-2H3/t17-/m1/s1. The molecule has 0 spiro atoms. The van der Waals surface area contributed by atoms with Gasteiger partial charge in [-0.2, -0.15) is 0 Å². The topological polar surface area (TPSA) is 19.6 Å². The van der Waals surface area contributed by atoms with Gasteiger partial charge in [0.2, 0.25) is 0 Å². The normalized spacial score (nSPS) is 20.0. The van der Waals surface area contributed by atoms with Crippen molar-refractivity contribution in [3.63, 3.8) is 0 Å². The highest BCUT2D eigenvalue weighted by Crippen LogP contribution is 2.22. The van der Waals surface area contributed by atoms with E-state index in [0.717, 1.165) is 18.8 Å². The summed E-state index contributed by atoms with van der Waals surface area (Å²) in [6.45, 7) is 3.40. The average molecular weight is 284 g/mol. The van der Waals surface area contributed by atoms with Gasteiger partial charge in [-0.05, 0) is 57.2 Å². The van der Waals surface area contributed by atoms with E-state index in [1.165, 1.54) is 30.5 Å². The van der Waals surface area contributed by atoms with Gasteiger partial charge in [0.1, 0.15) is 5.76 Å². The summed E-state index contributed by atoms with van der Waals surface area (Å²) in [4.78, 5) is 4.92. The van der Waals surface area contributed by atoms with E-state index in [1.807, 2.05) is 12.1 Å². The van der Waals surface area contributed by atoms with Crippen molar-refractivity contribution in [1.29, 1.82) is 0 Å². The molecule has 0 N–H and O–H groups in total. The lowest BCUT2D eigenvalue weighted by molar-refractivity contribution is 0.128. The van der Waals surface area contributed by atoms with Gasteiger partial charge >= 0.3 is 0 Å². The molecule has 1 aromatic carbocycles.